The first-order valence-corrected chi connectivity index (χ1v) is 9.70. The topological polar surface area (TPSA) is 76.5 Å². The molecular weight excluding hydrogens is 368 g/mol. The van der Waals surface area contributed by atoms with E-state index in [4.69, 9.17) is 4.74 Å². The highest BCUT2D eigenvalue weighted by Crippen LogP contribution is 2.20. The van der Waals surface area contributed by atoms with E-state index in [1.54, 1.807) is 10.9 Å². The summed E-state index contributed by atoms with van der Waals surface area (Å²) < 4.78 is 6.80. The van der Waals surface area contributed by atoms with E-state index >= 15 is 0 Å². The summed E-state index contributed by atoms with van der Waals surface area (Å²) in [6.45, 7) is 6.97. The zero-order chi connectivity index (χ0) is 20.8. The summed E-state index contributed by atoms with van der Waals surface area (Å²) in [5.74, 6) is -0.869. The number of nitrogens with zero attached hydrogens (tertiary/aromatic N) is 3. The van der Waals surface area contributed by atoms with Crippen molar-refractivity contribution in [1.82, 2.24) is 9.55 Å². The van der Waals surface area contributed by atoms with Crippen LogP contribution in [0.4, 0.5) is 11.4 Å². The van der Waals surface area contributed by atoms with Crippen molar-refractivity contribution >= 4 is 34.3 Å². The molecule has 0 radical (unpaired) electrons. The van der Waals surface area contributed by atoms with Gasteiger partial charge in [-0.3, -0.25) is 9.59 Å². The van der Waals surface area contributed by atoms with Gasteiger partial charge in [0.2, 0.25) is 0 Å². The van der Waals surface area contributed by atoms with Crippen molar-refractivity contribution in [2.24, 2.45) is 0 Å². The van der Waals surface area contributed by atoms with Crippen LogP contribution in [0.5, 0.6) is 0 Å². The zero-order valence-electron chi connectivity index (χ0n) is 17.0. The third-order valence-electron chi connectivity index (χ3n) is 4.64. The fourth-order valence-corrected chi connectivity index (χ4v) is 3.25. The number of anilines is 2. The molecule has 0 unspecified atom stereocenters. The summed E-state index contributed by atoms with van der Waals surface area (Å²) in [6.07, 6.45) is 1.59. The third-order valence-corrected chi connectivity index (χ3v) is 4.64. The van der Waals surface area contributed by atoms with Crippen molar-refractivity contribution < 1.29 is 14.3 Å². The van der Waals surface area contributed by atoms with Crippen LogP contribution in [0.15, 0.2) is 54.9 Å². The Morgan fingerprint density at radius 2 is 1.86 bits per heavy atom. The van der Waals surface area contributed by atoms with Crippen LogP contribution in [0, 0.1) is 0 Å². The molecule has 0 fully saturated rings. The van der Waals surface area contributed by atoms with Crippen molar-refractivity contribution in [3.05, 3.63) is 54.9 Å². The number of carbonyl (C=O) groups is 2. The minimum Gasteiger partial charge on any atom is -0.454 e. The molecule has 0 spiro atoms. The largest absolute Gasteiger partial charge is 0.454 e. The smallest absolute Gasteiger partial charge is 0.326 e. The van der Waals surface area contributed by atoms with Crippen LogP contribution in [0.2, 0.25) is 0 Å². The lowest BCUT2D eigenvalue weighted by Gasteiger charge is -2.27. The van der Waals surface area contributed by atoms with Crippen LogP contribution in [-0.4, -0.2) is 40.6 Å². The molecule has 1 aromatic heterocycles. The van der Waals surface area contributed by atoms with Crippen molar-refractivity contribution in [1.29, 1.82) is 0 Å². The van der Waals surface area contributed by atoms with E-state index < -0.39 is 5.97 Å². The predicted octanol–water partition coefficient (Wildman–Crippen LogP) is 3.45. The molecule has 2 aromatic carbocycles. The number of aromatic nitrogens is 2. The first-order chi connectivity index (χ1) is 14.0. The van der Waals surface area contributed by atoms with Crippen LogP contribution in [0.25, 0.3) is 11.0 Å². The molecule has 1 heterocycles. The Hall–Kier alpha value is -3.35. The number of fused-ring (bicyclic) bond motifs is 1. The monoisotopic (exact) mass is 394 g/mol. The van der Waals surface area contributed by atoms with Gasteiger partial charge >= 0.3 is 5.97 Å². The van der Waals surface area contributed by atoms with E-state index in [9.17, 15) is 9.59 Å². The average molecular weight is 394 g/mol. The highest BCUT2D eigenvalue weighted by molar-refractivity contribution is 5.93. The fourth-order valence-electron chi connectivity index (χ4n) is 3.25. The number of nitrogens with one attached hydrogen (secondary N) is 1. The van der Waals surface area contributed by atoms with Gasteiger partial charge in [-0.05, 0) is 57.2 Å². The summed E-state index contributed by atoms with van der Waals surface area (Å²) in [5, 5.41) is 2.75. The standard InChI is InChI=1S/C22H26N4O3/c1-4-26(16(2)3)18-11-9-17(10-12-18)24-21(27)14-29-22(28)13-25-15-23-19-7-5-6-8-20(19)25/h5-12,15-16H,4,13-14H2,1-3H3,(H,24,27). The van der Waals surface area contributed by atoms with E-state index in [2.05, 4.69) is 36.0 Å². The lowest BCUT2D eigenvalue weighted by Crippen LogP contribution is -2.30. The number of carbonyl (C=O) groups excluding carboxylic acids is 2. The highest BCUT2D eigenvalue weighted by atomic mass is 16.5. The minimum atomic E-state index is -0.492. The normalized spacial score (nSPS) is 10.9. The van der Waals surface area contributed by atoms with Crippen molar-refractivity contribution in [2.45, 2.75) is 33.4 Å². The second-order valence-electron chi connectivity index (χ2n) is 7.00. The molecule has 0 saturated heterocycles. The molecule has 0 aliphatic rings. The minimum absolute atomic E-state index is 0.00451. The van der Waals surface area contributed by atoms with Crippen molar-refractivity contribution in [3.8, 4) is 0 Å². The molecule has 152 valence electrons. The number of rotatable bonds is 8. The Morgan fingerprint density at radius 1 is 1.14 bits per heavy atom. The zero-order valence-corrected chi connectivity index (χ0v) is 17.0. The van der Waals surface area contributed by atoms with Crippen LogP contribution in [0.1, 0.15) is 20.8 Å². The molecular formula is C22H26N4O3. The summed E-state index contributed by atoms with van der Waals surface area (Å²) >= 11 is 0. The second-order valence-corrected chi connectivity index (χ2v) is 7.00. The Balaban J connectivity index is 1.50. The highest BCUT2D eigenvalue weighted by Gasteiger charge is 2.12. The van der Waals surface area contributed by atoms with Crippen LogP contribution < -0.4 is 10.2 Å². The molecule has 0 aliphatic carbocycles. The lowest BCUT2D eigenvalue weighted by atomic mass is 10.2. The maximum atomic E-state index is 12.1. The fraction of sp³-hybridized carbons (Fsp3) is 0.318. The maximum absolute atomic E-state index is 12.1. The third kappa shape index (κ3) is 5.13. The van der Waals surface area contributed by atoms with Gasteiger partial charge in [-0.25, -0.2) is 4.98 Å². The van der Waals surface area contributed by atoms with E-state index in [0.717, 1.165) is 23.3 Å². The molecule has 0 aliphatic heterocycles. The van der Waals surface area contributed by atoms with Crippen LogP contribution in [0.3, 0.4) is 0 Å². The van der Waals surface area contributed by atoms with Gasteiger partial charge in [0.25, 0.3) is 5.91 Å². The average Bonchev–Trinajstić information content (AvgIpc) is 3.11. The number of amides is 1. The SMILES string of the molecule is CCN(c1ccc(NC(=O)COC(=O)Cn2cnc3ccccc32)cc1)C(C)C. The first kappa shape index (κ1) is 20.4. The lowest BCUT2D eigenvalue weighted by molar-refractivity contribution is -0.147. The molecule has 7 nitrogen and oxygen atoms in total. The van der Waals surface area contributed by atoms with Gasteiger partial charge in [-0.1, -0.05) is 12.1 Å². The van der Waals surface area contributed by atoms with E-state index in [1.807, 2.05) is 48.5 Å². The molecule has 3 rings (SSSR count). The first-order valence-electron chi connectivity index (χ1n) is 9.70. The van der Waals surface area contributed by atoms with Gasteiger partial charge in [-0.2, -0.15) is 0 Å². The molecule has 29 heavy (non-hydrogen) atoms. The summed E-state index contributed by atoms with van der Waals surface area (Å²) in [5.41, 5.74) is 3.41. The predicted molar refractivity (Wildman–Crippen MR) is 114 cm³/mol. The molecule has 3 aromatic rings. The Kier molecular flexibility index (Phi) is 6.49. The van der Waals surface area contributed by atoms with Gasteiger partial charge in [0.15, 0.2) is 6.61 Å². The molecule has 1 amide bonds. The molecule has 0 bridgehead atoms. The van der Waals surface area contributed by atoms with E-state index in [1.165, 1.54) is 0 Å². The number of hydrogen-bond acceptors (Lipinski definition) is 5. The van der Waals surface area contributed by atoms with Crippen LogP contribution in [-0.2, 0) is 20.9 Å². The van der Waals surface area contributed by atoms with Crippen LogP contribution >= 0.6 is 0 Å². The Labute approximate surface area is 170 Å². The molecule has 0 saturated carbocycles. The van der Waals surface area contributed by atoms with E-state index in [0.29, 0.717) is 11.7 Å². The molecule has 0 atom stereocenters. The van der Waals surface area contributed by atoms with Crippen molar-refractivity contribution in [2.75, 3.05) is 23.4 Å². The Morgan fingerprint density at radius 3 is 2.55 bits per heavy atom. The summed E-state index contributed by atoms with van der Waals surface area (Å²) in [4.78, 5) is 30.7. The van der Waals surface area contributed by atoms with Gasteiger partial charge in [0, 0.05) is 24.0 Å². The van der Waals surface area contributed by atoms with Gasteiger partial charge in [0.05, 0.1) is 17.4 Å². The number of hydrogen-bond donors (Lipinski definition) is 1. The van der Waals surface area contributed by atoms with Gasteiger partial charge < -0.3 is 19.5 Å². The van der Waals surface area contributed by atoms with E-state index in [-0.39, 0.29) is 19.1 Å². The molecule has 7 heteroatoms. The van der Waals surface area contributed by atoms with Crippen molar-refractivity contribution in [3.63, 3.8) is 0 Å². The number of esters is 1. The summed E-state index contributed by atoms with van der Waals surface area (Å²) in [6, 6.07) is 15.5. The number of imidazole rings is 1. The number of benzene rings is 2. The van der Waals surface area contributed by atoms with Gasteiger partial charge in [0.1, 0.15) is 6.54 Å². The quantitative estimate of drug-likeness (QED) is 0.592. The maximum Gasteiger partial charge on any atom is 0.326 e. The number of para-hydroxylation sites is 2. The molecule has 1 N–H and O–H groups in total. The van der Waals surface area contributed by atoms with Gasteiger partial charge in [-0.15, -0.1) is 0 Å². The summed E-state index contributed by atoms with van der Waals surface area (Å²) in [7, 11) is 0. The number of ether oxygens (including phenoxy) is 1. The Bertz CT molecular complexity index is 979. The second kappa shape index (κ2) is 9.23.